The second-order valence-corrected chi connectivity index (χ2v) is 5.55. The SMILES string of the molecule is Cc1cccc(OCC(C)Nc2nc(N)nc(C(C)F)n2)c1C. The third kappa shape index (κ3) is 4.51. The number of hydrogen-bond acceptors (Lipinski definition) is 6. The number of nitrogens with one attached hydrogen (secondary N) is 1. The normalized spacial score (nSPS) is 13.4. The first-order valence-corrected chi connectivity index (χ1v) is 7.48. The van der Waals surface area contributed by atoms with Crippen LogP contribution in [0.1, 0.15) is 37.0 Å². The Labute approximate surface area is 135 Å². The highest BCUT2D eigenvalue weighted by atomic mass is 19.1. The van der Waals surface area contributed by atoms with Gasteiger partial charge in [-0.2, -0.15) is 15.0 Å². The van der Waals surface area contributed by atoms with E-state index in [-0.39, 0.29) is 23.8 Å². The smallest absolute Gasteiger partial charge is 0.228 e. The molecule has 0 amide bonds. The Morgan fingerprint density at radius 3 is 2.65 bits per heavy atom. The zero-order chi connectivity index (χ0) is 17.0. The molecule has 2 atom stereocenters. The molecule has 0 saturated heterocycles. The number of hydrogen-bond donors (Lipinski definition) is 2. The molecule has 6 nitrogen and oxygen atoms in total. The van der Waals surface area contributed by atoms with E-state index in [2.05, 4.69) is 20.3 Å². The van der Waals surface area contributed by atoms with Crippen LogP contribution in [-0.2, 0) is 0 Å². The maximum atomic E-state index is 13.3. The number of benzene rings is 1. The number of rotatable bonds is 6. The average molecular weight is 319 g/mol. The Morgan fingerprint density at radius 2 is 1.96 bits per heavy atom. The van der Waals surface area contributed by atoms with Crippen molar-refractivity contribution in [2.45, 2.75) is 39.9 Å². The summed E-state index contributed by atoms with van der Waals surface area (Å²) in [4.78, 5) is 11.7. The van der Waals surface area contributed by atoms with Gasteiger partial charge in [-0.25, -0.2) is 4.39 Å². The summed E-state index contributed by atoms with van der Waals surface area (Å²) in [6.45, 7) is 7.74. The Balaban J connectivity index is 2.00. The van der Waals surface area contributed by atoms with Crippen molar-refractivity contribution in [3.05, 3.63) is 35.2 Å². The average Bonchev–Trinajstić information content (AvgIpc) is 2.48. The van der Waals surface area contributed by atoms with Crippen LogP contribution in [-0.4, -0.2) is 27.6 Å². The summed E-state index contributed by atoms with van der Waals surface area (Å²) in [5.74, 6) is 1.09. The molecule has 1 aromatic heterocycles. The van der Waals surface area contributed by atoms with Crippen LogP contribution in [0.15, 0.2) is 18.2 Å². The van der Waals surface area contributed by atoms with Crippen LogP contribution in [0.2, 0.25) is 0 Å². The highest BCUT2D eigenvalue weighted by molar-refractivity contribution is 5.38. The summed E-state index contributed by atoms with van der Waals surface area (Å²) in [6.07, 6.45) is -1.30. The van der Waals surface area contributed by atoms with E-state index in [4.69, 9.17) is 10.5 Å². The summed E-state index contributed by atoms with van der Waals surface area (Å²) in [6, 6.07) is 5.84. The molecule has 0 spiro atoms. The first kappa shape index (κ1) is 16.9. The lowest BCUT2D eigenvalue weighted by Crippen LogP contribution is -2.25. The molecule has 2 unspecified atom stereocenters. The third-order valence-corrected chi connectivity index (χ3v) is 3.45. The Bertz CT molecular complexity index is 678. The van der Waals surface area contributed by atoms with Gasteiger partial charge in [0.1, 0.15) is 12.4 Å². The van der Waals surface area contributed by atoms with Gasteiger partial charge in [0.25, 0.3) is 0 Å². The maximum absolute atomic E-state index is 13.3. The molecule has 0 aliphatic carbocycles. The van der Waals surface area contributed by atoms with E-state index in [1.54, 1.807) is 0 Å². The summed E-state index contributed by atoms with van der Waals surface area (Å²) >= 11 is 0. The lowest BCUT2D eigenvalue weighted by atomic mass is 10.1. The quantitative estimate of drug-likeness (QED) is 0.851. The molecule has 0 radical (unpaired) electrons. The molecule has 2 rings (SSSR count). The minimum atomic E-state index is -1.30. The van der Waals surface area contributed by atoms with E-state index in [0.717, 1.165) is 11.3 Å². The van der Waals surface area contributed by atoms with Gasteiger partial charge >= 0.3 is 0 Å². The summed E-state index contributed by atoms with van der Waals surface area (Å²) in [5.41, 5.74) is 7.86. The van der Waals surface area contributed by atoms with Gasteiger partial charge in [-0.05, 0) is 44.9 Å². The van der Waals surface area contributed by atoms with Crippen LogP contribution in [0.25, 0.3) is 0 Å². The second-order valence-electron chi connectivity index (χ2n) is 5.55. The van der Waals surface area contributed by atoms with E-state index in [1.165, 1.54) is 12.5 Å². The number of nitrogens with zero attached hydrogens (tertiary/aromatic N) is 3. The van der Waals surface area contributed by atoms with Gasteiger partial charge in [0, 0.05) is 0 Å². The zero-order valence-electron chi connectivity index (χ0n) is 13.8. The molecule has 1 heterocycles. The van der Waals surface area contributed by atoms with Crippen molar-refractivity contribution in [2.24, 2.45) is 0 Å². The van der Waals surface area contributed by atoms with E-state index >= 15 is 0 Å². The second kappa shape index (κ2) is 7.21. The molecular weight excluding hydrogens is 297 g/mol. The van der Waals surface area contributed by atoms with Crippen LogP contribution in [0.3, 0.4) is 0 Å². The van der Waals surface area contributed by atoms with Crippen molar-refractivity contribution in [1.29, 1.82) is 0 Å². The molecule has 0 fully saturated rings. The molecule has 3 N–H and O–H groups in total. The lowest BCUT2D eigenvalue weighted by Gasteiger charge is -2.17. The van der Waals surface area contributed by atoms with E-state index < -0.39 is 6.17 Å². The van der Waals surface area contributed by atoms with Crippen LogP contribution in [0.5, 0.6) is 5.75 Å². The monoisotopic (exact) mass is 319 g/mol. The molecule has 124 valence electrons. The molecule has 0 saturated carbocycles. The number of alkyl halides is 1. The van der Waals surface area contributed by atoms with Crippen molar-refractivity contribution >= 4 is 11.9 Å². The van der Waals surface area contributed by atoms with Gasteiger partial charge < -0.3 is 15.8 Å². The zero-order valence-corrected chi connectivity index (χ0v) is 13.8. The van der Waals surface area contributed by atoms with Gasteiger partial charge in [0.15, 0.2) is 12.0 Å². The summed E-state index contributed by atoms with van der Waals surface area (Å²) in [7, 11) is 0. The molecule has 0 aliphatic heterocycles. The predicted octanol–water partition coefficient (Wildman–Crippen LogP) is 2.98. The number of ether oxygens (including phenoxy) is 1. The number of nitrogens with two attached hydrogens (primary N) is 1. The van der Waals surface area contributed by atoms with Crippen LogP contribution >= 0.6 is 0 Å². The fourth-order valence-corrected chi connectivity index (χ4v) is 2.01. The minimum absolute atomic E-state index is 0.00959. The van der Waals surface area contributed by atoms with Gasteiger partial charge in [0.2, 0.25) is 11.9 Å². The van der Waals surface area contributed by atoms with Gasteiger partial charge in [0.05, 0.1) is 6.04 Å². The molecule has 0 aliphatic rings. The maximum Gasteiger partial charge on any atom is 0.228 e. The van der Waals surface area contributed by atoms with E-state index in [9.17, 15) is 4.39 Å². The predicted molar refractivity (Wildman–Crippen MR) is 88.3 cm³/mol. The van der Waals surface area contributed by atoms with Crippen molar-refractivity contribution in [3.63, 3.8) is 0 Å². The van der Waals surface area contributed by atoms with Crippen LogP contribution < -0.4 is 15.8 Å². The standard InChI is InChI=1S/C16H22FN5O/c1-9-6-5-7-13(11(9)3)23-8-10(2)19-16-21-14(12(4)17)20-15(18)22-16/h5-7,10,12H,8H2,1-4H3,(H3,18,19,20,21,22). The van der Waals surface area contributed by atoms with E-state index in [0.29, 0.717) is 6.61 Å². The molecule has 23 heavy (non-hydrogen) atoms. The Hall–Kier alpha value is -2.44. The number of anilines is 2. The number of nitrogen functional groups attached to an aromatic ring is 1. The molecule has 0 bridgehead atoms. The third-order valence-electron chi connectivity index (χ3n) is 3.45. The molecular formula is C16H22FN5O. The van der Waals surface area contributed by atoms with Crippen LogP contribution in [0.4, 0.5) is 16.3 Å². The Morgan fingerprint density at radius 1 is 1.22 bits per heavy atom. The van der Waals surface area contributed by atoms with Crippen LogP contribution in [0, 0.1) is 13.8 Å². The molecule has 2 aromatic rings. The highest BCUT2D eigenvalue weighted by Crippen LogP contribution is 2.21. The van der Waals surface area contributed by atoms with Crippen molar-refractivity contribution < 1.29 is 9.13 Å². The Kier molecular flexibility index (Phi) is 5.31. The van der Waals surface area contributed by atoms with Gasteiger partial charge in [-0.15, -0.1) is 0 Å². The fraction of sp³-hybridized carbons (Fsp3) is 0.438. The van der Waals surface area contributed by atoms with Crippen molar-refractivity contribution in [2.75, 3.05) is 17.7 Å². The van der Waals surface area contributed by atoms with E-state index in [1.807, 2.05) is 39.0 Å². The van der Waals surface area contributed by atoms with Gasteiger partial charge in [-0.3, -0.25) is 0 Å². The first-order valence-electron chi connectivity index (χ1n) is 7.48. The first-order chi connectivity index (χ1) is 10.9. The van der Waals surface area contributed by atoms with Gasteiger partial charge in [-0.1, -0.05) is 12.1 Å². The largest absolute Gasteiger partial charge is 0.491 e. The molecule has 1 aromatic carbocycles. The minimum Gasteiger partial charge on any atom is -0.491 e. The number of aromatic nitrogens is 3. The van der Waals surface area contributed by atoms with Crippen molar-refractivity contribution in [3.8, 4) is 5.75 Å². The lowest BCUT2D eigenvalue weighted by molar-refractivity contribution is 0.301. The topological polar surface area (TPSA) is 86.0 Å². The number of aryl methyl sites for hydroxylation is 1. The summed E-state index contributed by atoms with van der Waals surface area (Å²) < 4.78 is 19.1. The number of halogens is 1. The highest BCUT2D eigenvalue weighted by Gasteiger charge is 2.13. The molecule has 7 heteroatoms. The fourth-order valence-electron chi connectivity index (χ4n) is 2.01. The van der Waals surface area contributed by atoms with Crippen molar-refractivity contribution in [1.82, 2.24) is 15.0 Å². The summed E-state index contributed by atoms with van der Waals surface area (Å²) in [5, 5.41) is 3.05.